The van der Waals surface area contributed by atoms with E-state index in [0.29, 0.717) is 22.9 Å². The molecule has 0 bridgehead atoms. The quantitative estimate of drug-likeness (QED) is 0.862. The number of ether oxygens (including phenoxy) is 1. The summed E-state index contributed by atoms with van der Waals surface area (Å²) in [6, 6.07) is 5.41. The first-order valence-corrected chi connectivity index (χ1v) is 9.29. The molecule has 5 nitrogen and oxygen atoms in total. The van der Waals surface area contributed by atoms with Crippen LogP contribution in [0, 0.1) is 24.5 Å². The lowest BCUT2D eigenvalue weighted by molar-refractivity contribution is -0.0744. The van der Waals surface area contributed by atoms with E-state index in [1.807, 2.05) is 19.9 Å². The van der Waals surface area contributed by atoms with E-state index in [-0.39, 0.29) is 23.9 Å². The van der Waals surface area contributed by atoms with Crippen LogP contribution in [-0.4, -0.2) is 22.2 Å². The molecule has 4 rings (SSSR count). The molecule has 1 aromatic carbocycles. The number of thioether (sulfide) groups is 1. The van der Waals surface area contributed by atoms with Crippen LogP contribution in [-0.2, 0) is 10.3 Å². The van der Waals surface area contributed by atoms with Gasteiger partial charge in [0.25, 0.3) is 0 Å². The van der Waals surface area contributed by atoms with Crippen LogP contribution in [0.4, 0.5) is 8.78 Å². The SMILES string of the molecule is Cc1cc([C@H]2C[C@H]3[C@H](C)SC(N)=N[C@@]3(c3ccc(F)cc3F)CO2)on1. The van der Waals surface area contributed by atoms with E-state index in [9.17, 15) is 8.78 Å². The Labute approximate surface area is 154 Å². The molecule has 0 unspecified atom stereocenters. The summed E-state index contributed by atoms with van der Waals surface area (Å²) in [5.41, 5.74) is 6.13. The van der Waals surface area contributed by atoms with Gasteiger partial charge in [0.15, 0.2) is 10.9 Å². The number of fused-ring (bicyclic) bond motifs is 1. The van der Waals surface area contributed by atoms with Crippen LogP contribution in [0.5, 0.6) is 0 Å². The molecule has 0 radical (unpaired) electrons. The molecule has 1 fully saturated rings. The highest BCUT2D eigenvalue weighted by Crippen LogP contribution is 2.52. The van der Waals surface area contributed by atoms with Crippen LogP contribution in [0.1, 0.15) is 36.5 Å². The number of benzene rings is 1. The van der Waals surface area contributed by atoms with E-state index in [1.54, 1.807) is 0 Å². The average Bonchev–Trinajstić information content (AvgIpc) is 3.00. The Morgan fingerprint density at radius 1 is 1.31 bits per heavy atom. The van der Waals surface area contributed by atoms with Gasteiger partial charge in [-0.05, 0) is 19.4 Å². The molecule has 0 saturated carbocycles. The maximum atomic E-state index is 14.6. The van der Waals surface area contributed by atoms with E-state index < -0.39 is 17.2 Å². The minimum Gasteiger partial charge on any atom is -0.379 e. The van der Waals surface area contributed by atoms with Crippen LogP contribution in [0.15, 0.2) is 33.8 Å². The molecule has 3 heterocycles. The van der Waals surface area contributed by atoms with Crippen LogP contribution in [0.2, 0.25) is 0 Å². The fourth-order valence-electron chi connectivity index (χ4n) is 3.93. The predicted octanol–water partition coefficient (Wildman–Crippen LogP) is 3.68. The van der Waals surface area contributed by atoms with Gasteiger partial charge in [-0.1, -0.05) is 29.9 Å². The monoisotopic (exact) mass is 379 g/mol. The summed E-state index contributed by atoms with van der Waals surface area (Å²) in [7, 11) is 0. The first-order valence-electron chi connectivity index (χ1n) is 8.41. The summed E-state index contributed by atoms with van der Waals surface area (Å²) in [6.07, 6.45) is 0.298. The van der Waals surface area contributed by atoms with E-state index in [0.717, 1.165) is 11.8 Å². The number of aryl methyl sites for hydroxylation is 1. The molecule has 2 aromatic rings. The van der Waals surface area contributed by atoms with Crippen molar-refractivity contribution in [2.24, 2.45) is 16.6 Å². The number of rotatable bonds is 2. The molecule has 1 saturated heterocycles. The largest absolute Gasteiger partial charge is 0.379 e. The average molecular weight is 379 g/mol. The standard InChI is InChI=1S/C18H19F2N3O2S/c1-9-5-16(25-23-9)15-7-13-10(2)26-17(21)22-18(13,8-24-15)12-4-3-11(19)6-14(12)20/h3-6,10,13,15H,7-8H2,1-2H3,(H2,21,22)/t10-,13-,15+,18+/m0/s1. The molecule has 2 aliphatic heterocycles. The Morgan fingerprint density at radius 3 is 2.81 bits per heavy atom. The number of amidine groups is 1. The van der Waals surface area contributed by atoms with Gasteiger partial charge >= 0.3 is 0 Å². The summed E-state index contributed by atoms with van der Waals surface area (Å²) in [4.78, 5) is 4.60. The molecule has 0 amide bonds. The summed E-state index contributed by atoms with van der Waals surface area (Å²) in [5, 5.41) is 4.39. The second-order valence-electron chi connectivity index (χ2n) is 6.83. The lowest BCUT2D eigenvalue weighted by atomic mass is 9.72. The van der Waals surface area contributed by atoms with Gasteiger partial charge in [0.1, 0.15) is 23.3 Å². The zero-order chi connectivity index (χ0) is 18.5. The zero-order valence-electron chi connectivity index (χ0n) is 14.4. The fraction of sp³-hybridized carbons (Fsp3) is 0.444. The summed E-state index contributed by atoms with van der Waals surface area (Å²) in [6.45, 7) is 4.02. The number of aliphatic imine (C=N–C) groups is 1. The Bertz CT molecular complexity index is 872. The molecule has 26 heavy (non-hydrogen) atoms. The molecule has 8 heteroatoms. The van der Waals surface area contributed by atoms with Crippen molar-refractivity contribution >= 4 is 16.9 Å². The normalized spacial score (nSPS) is 31.4. The van der Waals surface area contributed by atoms with Crippen LogP contribution in [0.25, 0.3) is 0 Å². The third-order valence-corrected chi connectivity index (χ3v) is 6.16. The molecule has 138 valence electrons. The van der Waals surface area contributed by atoms with E-state index in [1.165, 1.54) is 23.9 Å². The van der Waals surface area contributed by atoms with Gasteiger partial charge in [-0.3, -0.25) is 0 Å². The number of nitrogens with zero attached hydrogens (tertiary/aromatic N) is 2. The first-order chi connectivity index (χ1) is 12.4. The number of halogens is 2. The zero-order valence-corrected chi connectivity index (χ0v) is 15.2. The number of hydrogen-bond donors (Lipinski definition) is 1. The lowest BCUT2D eigenvalue weighted by Gasteiger charge is -2.48. The van der Waals surface area contributed by atoms with E-state index in [2.05, 4.69) is 10.1 Å². The Hall–Kier alpha value is -1.93. The maximum absolute atomic E-state index is 14.6. The summed E-state index contributed by atoms with van der Waals surface area (Å²) in [5.74, 6) is -0.663. The van der Waals surface area contributed by atoms with Gasteiger partial charge in [-0.25, -0.2) is 13.8 Å². The first kappa shape index (κ1) is 17.5. The van der Waals surface area contributed by atoms with Crippen LogP contribution >= 0.6 is 11.8 Å². The Kier molecular flexibility index (Phi) is 4.27. The van der Waals surface area contributed by atoms with Gasteiger partial charge in [-0.15, -0.1) is 0 Å². The number of hydrogen-bond acceptors (Lipinski definition) is 6. The van der Waals surface area contributed by atoms with Gasteiger partial charge < -0.3 is 15.0 Å². The third-order valence-electron chi connectivity index (χ3n) is 5.13. The second-order valence-corrected chi connectivity index (χ2v) is 8.23. The highest BCUT2D eigenvalue weighted by molar-refractivity contribution is 8.14. The molecule has 1 aromatic heterocycles. The summed E-state index contributed by atoms with van der Waals surface area (Å²) < 4.78 is 39.4. The minimum atomic E-state index is -0.974. The van der Waals surface area contributed by atoms with Crippen molar-refractivity contribution in [3.8, 4) is 0 Å². The molecule has 2 N–H and O–H groups in total. The van der Waals surface area contributed by atoms with Crippen LogP contribution in [0.3, 0.4) is 0 Å². The highest BCUT2D eigenvalue weighted by Gasteiger charge is 2.52. The maximum Gasteiger partial charge on any atom is 0.165 e. The Balaban J connectivity index is 1.77. The van der Waals surface area contributed by atoms with Gasteiger partial charge in [0, 0.05) is 28.9 Å². The third kappa shape index (κ3) is 2.81. The molecular weight excluding hydrogens is 360 g/mol. The predicted molar refractivity (Wildman–Crippen MR) is 94.8 cm³/mol. The highest BCUT2D eigenvalue weighted by atomic mass is 32.2. The lowest BCUT2D eigenvalue weighted by Crippen LogP contribution is -2.51. The fourth-order valence-corrected chi connectivity index (χ4v) is 5.03. The smallest absolute Gasteiger partial charge is 0.165 e. The molecule has 4 atom stereocenters. The molecule has 2 aliphatic rings. The molecular formula is C18H19F2N3O2S. The number of nitrogens with two attached hydrogens (primary N) is 1. The molecule has 0 spiro atoms. The van der Waals surface area contributed by atoms with Crippen molar-refractivity contribution in [3.63, 3.8) is 0 Å². The van der Waals surface area contributed by atoms with Crippen molar-refractivity contribution in [2.75, 3.05) is 6.61 Å². The topological polar surface area (TPSA) is 73.6 Å². The van der Waals surface area contributed by atoms with E-state index in [4.69, 9.17) is 15.0 Å². The van der Waals surface area contributed by atoms with Crippen molar-refractivity contribution in [1.82, 2.24) is 5.16 Å². The Morgan fingerprint density at radius 2 is 2.12 bits per heavy atom. The molecule has 0 aliphatic carbocycles. The van der Waals surface area contributed by atoms with E-state index >= 15 is 0 Å². The van der Waals surface area contributed by atoms with Crippen molar-refractivity contribution < 1.29 is 18.0 Å². The van der Waals surface area contributed by atoms with Crippen molar-refractivity contribution in [2.45, 2.75) is 37.2 Å². The minimum absolute atomic E-state index is 0.0519. The van der Waals surface area contributed by atoms with Crippen molar-refractivity contribution in [3.05, 3.63) is 52.9 Å². The van der Waals surface area contributed by atoms with Gasteiger partial charge in [-0.2, -0.15) is 0 Å². The number of aromatic nitrogens is 1. The summed E-state index contributed by atoms with van der Waals surface area (Å²) >= 11 is 1.46. The van der Waals surface area contributed by atoms with Gasteiger partial charge in [0.2, 0.25) is 0 Å². The second kappa shape index (κ2) is 6.35. The van der Waals surface area contributed by atoms with Crippen LogP contribution < -0.4 is 5.73 Å². The van der Waals surface area contributed by atoms with Crippen molar-refractivity contribution in [1.29, 1.82) is 0 Å². The van der Waals surface area contributed by atoms with Gasteiger partial charge in [0.05, 0.1) is 12.3 Å².